The van der Waals surface area contributed by atoms with E-state index in [4.69, 9.17) is 0 Å². The van der Waals surface area contributed by atoms with Crippen molar-refractivity contribution in [2.75, 3.05) is 5.32 Å². The van der Waals surface area contributed by atoms with Crippen molar-refractivity contribution in [3.8, 4) is 0 Å². The van der Waals surface area contributed by atoms with Crippen molar-refractivity contribution in [1.82, 2.24) is 9.71 Å². The number of nitrogens with zero attached hydrogens (tertiary/aromatic N) is 1. The second-order valence-electron chi connectivity index (χ2n) is 4.90. The van der Waals surface area contributed by atoms with Crippen molar-refractivity contribution in [2.24, 2.45) is 0 Å². The minimum Gasteiger partial charge on any atom is -0.307 e. The quantitative estimate of drug-likeness (QED) is 0.736. The Labute approximate surface area is 150 Å². The zero-order valence-corrected chi connectivity index (χ0v) is 14.4. The number of nitrogens with one attached hydrogen (secondary N) is 2. The third-order valence-corrected chi connectivity index (χ3v) is 4.30. The molecule has 1 aromatic heterocycles. The van der Waals surface area contributed by atoms with Crippen molar-refractivity contribution >= 4 is 21.7 Å². The standard InChI is InChI=1S/C13H11FN2O3S.C5H5N/c14-10-6-8-12(9-7-10)20(18,19)16-13(17)15-11-4-2-1-3-5-11;1-2-4-6-5-3-1/h1-9H,(H2,15,16,17);1-5H. The molecule has 0 atom stereocenters. The topological polar surface area (TPSA) is 88.2 Å². The van der Waals surface area contributed by atoms with Crippen LogP contribution in [0.15, 0.2) is 90.1 Å². The third-order valence-electron chi connectivity index (χ3n) is 2.95. The summed E-state index contributed by atoms with van der Waals surface area (Å²) in [6.45, 7) is 0. The van der Waals surface area contributed by atoms with E-state index in [1.54, 1.807) is 42.7 Å². The number of rotatable bonds is 3. The van der Waals surface area contributed by atoms with E-state index in [1.807, 2.05) is 22.9 Å². The van der Waals surface area contributed by atoms with Gasteiger partial charge in [0.25, 0.3) is 10.0 Å². The number of hydrogen-bond acceptors (Lipinski definition) is 4. The number of anilines is 1. The smallest absolute Gasteiger partial charge is 0.307 e. The van der Waals surface area contributed by atoms with E-state index in [9.17, 15) is 17.6 Å². The number of para-hydroxylation sites is 1. The van der Waals surface area contributed by atoms with Gasteiger partial charge in [0.05, 0.1) is 4.90 Å². The van der Waals surface area contributed by atoms with Crippen LogP contribution in [0.2, 0.25) is 0 Å². The van der Waals surface area contributed by atoms with Crippen LogP contribution in [0, 0.1) is 5.82 Å². The molecule has 0 spiro atoms. The van der Waals surface area contributed by atoms with Gasteiger partial charge in [-0.2, -0.15) is 0 Å². The van der Waals surface area contributed by atoms with Gasteiger partial charge >= 0.3 is 6.03 Å². The fourth-order valence-electron chi connectivity index (χ4n) is 1.79. The van der Waals surface area contributed by atoms with Crippen molar-refractivity contribution in [3.63, 3.8) is 0 Å². The van der Waals surface area contributed by atoms with Gasteiger partial charge in [0.2, 0.25) is 0 Å². The minimum atomic E-state index is -4.03. The second kappa shape index (κ2) is 9.28. The molecule has 134 valence electrons. The van der Waals surface area contributed by atoms with Crippen molar-refractivity contribution < 1.29 is 17.6 Å². The van der Waals surface area contributed by atoms with Crippen molar-refractivity contribution in [2.45, 2.75) is 4.90 Å². The summed E-state index contributed by atoms with van der Waals surface area (Å²) in [6, 6.07) is 17.4. The first-order valence-corrected chi connectivity index (χ1v) is 8.95. The van der Waals surface area contributed by atoms with Gasteiger partial charge in [0.1, 0.15) is 5.82 Å². The molecule has 0 bridgehead atoms. The van der Waals surface area contributed by atoms with Crippen molar-refractivity contribution in [1.29, 1.82) is 0 Å². The Bertz CT molecular complexity index is 892. The van der Waals surface area contributed by atoms with Gasteiger partial charge in [-0.25, -0.2) is 22.3 Å². The Morgan fingerprint density at radius 1 is 0.846 bits per heavy atom. The summed E-state index contributed by atoms with van der Waals surface area (Å²) in [5, 5.41) is 2.38. The predicted octanol–water partition coefficient (Wildman–Crippen LogP) is 3.42. The van der Waals surface area contributed by atoms with Gasteiger partial charge < -0.3 is 5.32 Å². The lowest BCUT2D eigenvalue weighted by Crippen LogP contribution is -2.34. The highest BCUT2D eigenvalue weighted by atomic mass is 32.2. The molecule has 0 aliphatic heterocycles. The monoisotopic (exact) mass is 373 g/mol. The summed E-state index contributed by atoms with van der Waals surface area (Å²) in [7, 11) is -4.03. The number of benzene rings is 2. The highest BCUT2D eigenvalue weighted by Gasteiger charge is 2.17. The lowest BCUT2D eigenvalue weighted by atomic mass is 10.3. The molecule has 2 N–H and O–H groups in total. The molecule has 6 nitrogen and oxygen atoms in total. The highest BCUT2D eigenvalue weighted by molar-refractivity contribution is 7.90. The Morgan fingerprint density at radius 2 is 1.42 bits per heavy atom. The molecule has 0 radical (unpaired) electrons. The van der Waals surface area contributed by atoms with Crippen LogP contribution in [0.25, 0.3) is 0 Å². The fraction of sp³-hybridized carbons (Fsp3) is 0. The maximum atomic E-state index is 12.7. The third kappa shape index (κ3) is 6.33. The molecule has 3 aromatic rings. The molecule has 2 aromatic carbocycles. The second-order valence-corrected chi connectivity index (χ2v) is 6.59. The summed E-state index contributed by atoms with van der Waals surface area (Å²) in [5.74, 6) is -0.558. The molecule has 26 heavy (non-hydrogen) atoms. The summed E-state index contributed by atoms with van der Waals surface area (Å²) in [4.78, 5) is 15.2. The van der Waals surface area contributed by atoms with Gasteiger partial charge in [-0.05, 0) is 48.5 Å². The van der Waals surface area contributed by atoms with Crippen LogP contribution in [0.5, 0.6) is 0 Å². The van der Waals surface area contributed by atoms with Crippen LogP contribution in [0.3, 0.4) is 0 Å². The van der Waals surface area contributed by atoms with E-state index in [-0.39, 0.29) is 4.90 Å². The summed E-state index contributed by atoms with van der Waals surface area (Å²) in [5.41, 5.74) is 0.458. The Morgan fingerprint density at radius 3 is 1.92 bits per heavy atom. The molecule has 3 rings (SSSR count). The zero-order chi connectivity index (χ0) is 18.8. The molecule has 0 saturated heterocycles. The molecule has 0 aliphatic carbocycles. The molecule has 0 fully saturated rings. The van der Waals surface area contributed by atoms with Crippen LogP contribution in [0.1, 0.15) is 0 Å². The Hall–Kier alpha value is -3.26. The maximum absolute atomic E-state index is 12.7. The van der Waals surface area contributed by atoms with E-state index in [0.29, 0.717) is 5.69 Å². The highest BCUT2D eigenvalue weighted by Crippen LogP contribution is 2.10. The molecule has 0 aliphatic rings. The number of sulfonamides is 1. The van der Waals surface area contributed by atoms with Crippen LogP contribution in [-0.4, -0.2) is 19.4 Å². The van der Waals surface area contributed by atoms with Gasteiger partial charge in [0.15, 0.2) is 0 Å². The number of aromatic nitrogens is 1. The molecular formula is C18H16FN3O3S. The molecule has 8 heteroatoms. The summed E-state index contributed by atoms with van der Waals surface area (Å²) >= 11 is 0. The summed E-state index contributed by atoms with van der Waals surface area (Å²) < 4.78 is 38.3. The number of carbonyl (C=O) groups is 1. The number of amides is 2. The Balaban J connectivity index is 0.000000342. The van der Waals surface area contributed by atoms with Gasteiger partial charge in [-0.1, -0.05) is 24.3 Å². The van der Waals surface area contributed by atoms with E-state index in [1.165, 1.54) is 0 Å². The van der Waals surface area contributed by atoms with Crippen LogP contribution < -0.4 is 10.0 Å². The van der Waals surface area contributed by atoms with E-state index in [2.05, 4.69) is 10.3 Å². The van der Waals surface area contributed by atoms with E-state index >= 15 is 0 Å². The fourth-order valence-corrected chi connectivity index (χ4v) is 2.69. The first kappa shape index (κ1) is 19.1. The van der Waals surface area contributed by atoms with Gasteiger partial charge in [-0.15, -0.1) is 0 Å². The average molecular weight is 373 g/mol. The molecule has 0 saturated carbocycles. The van der Waals surface area contributed by atoms with Crippen LogP contribution in [0.4, 0.5) is 14.9 Å². The maximum Gasteiger partial charge on any atom is 0.333 e. The largest absolute Gasteiger partial charge is 0.333 e. The first-order valence-electron chi connectivity index (χ1n) is 7.47. The number of carbonyl (C=O) groups excluding carboxylic acids is 1. The zero-order valence-electron chi connectivity index (χ0n) is 13.5. The summed E-state index contributed by atoms with van der Waals surface area (Å²) in [6.07, 6.45) is 3.50. The predicted molar refractivity (Wildman–Crippen MR) is 96.4 cm³/mol. The van der Waals surface area contributed by atoms with E-state index < -0.39 is 21.9 Å². The van der Waals surface area contributed by atoms with Gasteiger partial charge in [0, 0.05) is 18.1 Å². The molecular weight excluding hydrogens is 357 g/mol. The normalized spacial score (nSPS) is 10.2. The molecule has 2 amide bonds. The van der Waals surface area contributed by atoms with Crippen molar-refractivity contribution in [3.05, 3.63) is 91.0 Å². The van der Waals surface area contributed by atoms with Crippen LogP contribution >= 0.6 is 0 Å². The average Bonchev–Trinajstić information content (AvgIpc) is 2.64. The SMILES string of the molecule is O=C(Nc1ccccc1)NS(=O)(=O)c1ccc(F)cc1.c1ccncc1. The number of hydrogen-bond donors (Lipinski definition) is 2. The molecule has 0 unspecified atom stereocenters. The number of pyridine rings is 1. The lowest BCUT2D eigenvalue weighted by Gasteiger charge is -2.08. The number of urea groups is 1. The number of halogens is 1. The minimum absolute atomic E-state index is 0.192. The lowest BCUT2D eigenvalue weighted by molar-refractivity contribution is 0.256. The Kier molecular flexibility index (Phi) is 6.81. The van der Waals surface area contributed by atoms with E-state index in [0.717, 1.165) is 24.3 Å². The van der Waals surface area contributed by atoms with Crippen LogP contribution in [-0.2, 0) is 10.0 Å². The van der Waals surface area contributed by atoms with Gasteiger partial charge in [-0.3, -0.25) is 4.98 Å². The first-order chi connectivity index (χ1) is 12.5. The molecule has 1 heterocycles.